The van der Waals surface area contributed by atoms with E-state index in [1.54, 1.807) is 0 Å². The molecule has 53 heavy (non-hydrogen) atoms. The van der Waals surface area contributed by atoms with Crippen molar-refractivity contribution in [2.45, 2.75) is 64.0 Å². The Morgan fingerprint density at radius 3 is 1.66 bits per heavy atom. The van der Waals surface area contributed by atoms with Gasteiger partial charge >= 0.3 is 202 Å². The van der Waals surface area contributed by atoms with Crippen LogP contribution in [0.15, 0.2) is 156 Å². The van der Waals surface area contributed by atoms with Gasteiger partial charge in [-0.3, -0.25) is 10.3 Å². The van der Waals surface area contributed by atoms with E-state index in [4.69, 9.17) is 10.5 Å². The van der Waals surface area contributed by atoms with E-state index in [1.807, 2.05) is 42.5 Å². The Hall–Kier alpha value is -4.45. The van der Waals surface area contributed by atoms with Crippen molar-refractivity contribution >= 4 is 48.6 Å². The van der Waals surface area contributed by atoms with E-state index < -0.39 is 5.31 Å². The first kappa shape index (κ1) is 38.3. The van der Waals surface area contributed by atoms with Gasteiger partial charge in [0.25, 0.3) is 0 Å². The van der Waals surface area contributed by atoms with Crippen molar-refractivity contribution in [2.24, 2.45) is 15.7 Å². The number of nitrogens with zero attached hydrogens (tertiary/aromatic N) is 2. The molecule has 1 unspecified atom stereocenters. The van der Waals surface area contributed by atoms with Crippen LogP contribution in [-0.2, 0) is 6.42 Å². The summed E-state index contributed by atoms with van der Waals surface area (Å²) in [5, 5.41) is 7.79. The second-order valence-electron chi connectivity index (χ2n) is 13.8. The monoisotopic (exact) mass is 789 g/mol. The van der Waals surface area contributed by atoms with Gasteiger partial charge in [-0.25, -0.2) is 4.99 Å². The summed E-state index contributed by atoms with van der Waals surface area (Å²) in [4.78, 5) is 9.19. The Kier molecular flexibility index (Phi) is 13.8. The van der Waals surface area contributed by atoms with E-state index in [1.165, 1.54) is 66.4 Å². The number of ether oxygens (including phenoxy) is 1. The molecule has 5 aromatic carbocycles. The third kappa shape index (κ3) is 9.96. The van der Waals surface area contributed by atoms with Gasteiger partial charge in [-0.2, -0.15) is 0 Å². The van der Waals surface area contributed by atoms with Crippen molar-refractivity contribution in [3.63, 3.8) is 0 Å². The Labute approximate surface area is 324 Å². The van der Waals surface area contributed by atoms with Gasteiger partial charge in [-0.1, -0.05) is 42.5 Å². The summed E-state index contributed by atoms with van der Waals surface area (Å²) >= 11 is 4.59. The summed E-state index contributed by atoms with van der Waals surface area (Å²) in [6, 6.07) is 51.9. The minimum Gasteiger partial charge on any atom is -0.330 e. The molecule has 0 radical (unpaired) electrons. The maximum atomic E-state index is 6.08. The number of benzene rings is 5. The molecule has 0 aromatic heterocycles. The summed E-state index contributed by atoms with van der Waals surface area (Å²) in [6.45, 7) is 1.39. The predicted octanol–water partition coefficient (Wildman–Crippen LogP) is 9.13. The molecular formula is C45H53BrN5OP. The number of hydrogen-bond donors (Lipinski definition) is 3. The molecule has 1 aliphatic heterocycles. The largest absolute Gasteiger partial charge is 0.330 e. The van der Waals surface area contributed by atoms with Crippen molar-refractivity contribution in [3.05, 3.63) is 157 Å². The van der Waals surface area contributed by atoms with E-state index in [0.717, 1.165) is 36.9 Å². The van der Waals surface area contributed by atoms with Gasteiger partial charge in [0.15, 0.2) is 18.1 Å². The fourth-order valence-electron chi connectivity index (χ4n) is 7.23. The fraction of sp³-hybridized carbons (Fsp3) is 0.289. The molecule has 6 nitrogen and oxygen atoms in total. The van der Waals surface area contributed by atoms with Gasteiger partial charge in [-0.15, -0.1) is 0 Å². The zero-order valence-corrected chi connectivity index (χ0v) is 33.1. The normalized spacial score (nSPS) is 15.8. The molecule has 276 valence electrons. The number of halogens is 1. The van der Waals surface area contributed by atoms with E-state index in [9.17, 15) is 0 Å². The maximum Gasteiger partial charge on any atom is 0.200 e. The minimum absolute atomic E-state index is 0.289. The topological polar surface area (TPSA) is 84.0 Å². The van der Waals surface area contributed by atoms with Gasteiger partial charge in [0.1, 0.15) is 0 Å². The van der Waals surface area contributed by atoms with E-state index >= 15 is 0 Å². The van der Waals surface area contributed by atoms with Crippen LogP contribution in [0.5, 0.6) is 5.75 Å². The van der Waals surface area contributed by atoms with Crippen LogP contribution in [0.1, 0.15) is 68.7 Å². The molecule has 8 heteroatoms. The third-order valence-corrected chi connectivity index (χ3v) is 20.2. The Morgan fingerprint density at radius 2 is 1.11 bits per heavy atom. The number of hydrogen-bond acceptors (Lipinski definition) is 4. The molecule has 0 aliphatic carbocycles. The van der Waals surface area contributed by atoms with Crippen LogP contribution < -0.4 is 37.0 Å². The molecule has 4 N–H and O–H groups in total. The second kappa shape index (κ2) is 19.0. The van der Waals surface area contributed by atoms with Crippen LogP contribution in [0.4, 0.5) is 0 Å². The van der Waals surface area contributed by atoms with Gasteiger partial charge in [0.2, 0.25) is 0 Å². The molecule has 6 rings (SSSR count). The van der Waals surface area contributed by atoms with Crippen LogP contribution in [0.25, 0.3) is 0 Å². The van der Waals surface area contributed by atoms with Gasteiger partial charge < -0.3 is 11.1 Å². The Morgan fingerprint density at radius 1 is 0.623 bits per heavy atom. The SMILES string of the molecule is NC1=NC(c2ccc(OCCCCCCCCCCP(Br)(c3ccccc3)(c3ccccc3)c3ccccc3)cc2)NC(=NCCc2ccccc2)N1. The van der Waals surface area contributed by atoms with Crippen molar-refractivity contribution < 1.29 is 4.74 Å². The number of aliphatic imine (C=N–C) groups is 2. The molecule has 5 aromatic rings. The summed E-state index contributed by atoms with van der Waals surface area (Å²) in [5.74, 6) is 1.88. The predicted molar refractivity (Wildman–Crippen MR) is 231 cm³/mol. The molecule has 0 saturated heterocycles. The second-order valence-corrected chi connectivity index (χ2v) is 22.9. The van der Waals surface area contributed by atoms with Crippen LogP contribution in [-0.4, -0.2) is 31.2 Å². The summed E-state index contributed by atoms with van der Waals surface area (Å²) < 4.78 is 6.08. The van der Waals surface area contributed by atoms with E-state index in [-0.39, 0.29) is 6.17 Å². The number of unbranched alkanes of at least 4 members (excludes halogenated alkanes) is 7. The van der Waals surface area contributed by atoms with Crippen LogP contribution in [0.3, 0.4) is 0 Å². The smallest absolute Gasteiger partial charge is 0.200 e. The molecule has 0 saturated carbocycles. The van der Waals surface area contributed by atoms with Crippen molar-refractivity contribution in [1.29, 1.82) is 0 Å². The molecule has 1 atom stereocenters. The van der Waals surface area contributed by atoms with Crippen molar-refractivity contribution in [1.82, 2.24) is 10.6 Å². The molecule has 0 spiro atoms. The summed E-state index contributed by atoms with van der Waals surface area (Å²) in [7, 11) is 0. The first-order chi connectivity index (χ1) is 26.0. The summed E-state index contributed by atoms with van der Waals surface area (Å²) in [5.41, 5.74) is 8.35. The molecule has 1 aliphatic rings. The quantitative estimate of drug-likeness (QED) is 0.0576. The van der Waals surface area contributed by atoms with Gasteiger partial charge in [0.05, 0.1) is 0 Å². The average Bonchev–Trinajstić information content (AvgIpc) is 3.21. The average molecular weight is 791 g/mol. The standard InChI is InChI=1S/C45H53BrN5OP/c46-53(40-23-13-8-14-24-40,41-25-15-9-16-26-41,42-27-17-10-18-28-42)36-20-6-4-2-1-3-5-19-35-52-39-31-29-38(30-32-39)43-49-44(47)51-45(50-43)48-34-33-37-21-11-7-12-22-37/h7-18,21-32,43H,1-6,19-20,33-36H2,(H4,47,48,49,50,51). The maximum absolute atomic E-state index is 6.08. The first-order valence-electron chi connectivity index (χ1n) is 19.1. The minimum atomic E-state index is -2.81. The molecule has 1 heterocycles. The number of nitrogens with two attached hydrogens (primary N) is 1. The zero-order valence-electron chi connectivity index (χ0n) is 30.6. The van der Waals surface area contributed by atoms with E-state index in [2.05, 4.69) is 139 Å². The van der Waals surface area contributed by atoms with Gasteiger partial charge in [-0.05, 0) is 29.7 Å². The van der Waals surface area contributed by atoms with Crippen LogP contribution in [0, 0.1) is 0 Å². The Bertz CT molecular complexity index is 1790. The number of nitrogens with one attached hydrogen (secondary N) is 2. The van der Waals surface area contributed by atoms with Crippen molar-refractivity contribution in [3.8, 4) is 5.75 Å². The molecule has 0 bridgehead atoms. The molecule has 0 amide bonds. The van der Waals surface area contributed by atoms with Crippen molar-refractivity contribution in [2.75, 3.05) is 19.3 Å². The first-order valence-corrected chi connectivity index (χ1v) is 23.5. The van der Waals surface area contributed by atoms with Crippen LogP contribution >= 0.6 is 20.8 Å². The molecular weight excluding hydrogens is 737 g/mol. The summed E-state index contributed by atoms with van der Waals surface area (Å²) in [6.07, 6.45) is 11.4. The molecule has 0 fully saturated rings. The van der Waals surface area contributed by atoms with E-state index in [0.29, 0.717) is 18.5 Å². The van der Waals surface area contributed by atoms with Crippen LogP contribution in [0.2, 0.25) is 0 Å². The fourth-order valence-corrected chi connectivity index (χ4v) is 15.0. The zero-order chi connectivity index (χ0) is 36.6. The number of rotatable bonds is 19. The Balaban J connectivity index is 0.899. The third-order valence-electron chi connectivity index (χ3n) is 10.1. The van der Waals surface area contributed by atoms with Gasteiger partial charge in [0, 0.05) is 6.54 Å². The number of guanidine groups is 2.